The first-order valence-electron chi connectivity index (χ1n) is 5.43. The minimum atomic E-state index is -2.28. The number of methoxy groups -OCH3 is 1. The highest BCUT2D eigenvalue weighted by atomic mass is 28.4. The molecule has 5 nitrogen and oxygen atoms in total. The molecular weight excluding hydrogens is 240 g/mol. The lowest BCUT2D eigenvalue weighted by atomic mass is 10.4. The van der Waals surface area contributed by atoms with E-state index in [0.717, 1.165) is 6.04 Å². The molecule has 0 fully saturated rings. The van der Waals surface area contributed by atoms with Gasteiger partial charge in [0.1, 0.15) is 0 Å². The summed E-state index contributed by atoms with van der Waals surface area (Å²) in [5.41, 5.74) is 0.406. The van der Waals surface area contributed by atoms with Gasteiger partial charge in [-0.3, -0.25) is 0 Å². The highest BCUT2D eigenvalue weighted by Crippen LogP contribution is 2.14. The van der Waals surface area contributed by atoms with E-state index in [0.29, 0.717) is 24.8 Å². The molecule has 0 heterocycles. The third kappa shape index (κ3) is 5.97. The monoisotopic (exact) mass is 262 g/mol. The molecular formula is C11H22O5Si. The topological polar surface area (TPSA) is 54.0 Å². The largest absolute Gasteiger partial charge is 0.462 e. The summed E-state index contributed by atoms with van der Waals surface area (Å²) in [6, 6.07) is 0.720. The Hall–Kier alpha value is -0.693. The number of carbonyl (C=O) groups excluding carboxylic acids is 1. The minimum Gasteiger partial charge on any atom is -0.462 e. The molecule has 0 atom stereocenters. The molecule has 0 spiro atoms. The molecule has 0 aliphatic heterocycles. The lowest BCUT2D eigenvalue weighted by Crippen LogP contribution is -2.45. The van der Waals surface area contributed by atoms with Crippen molar-refractivity contribution >= 4 is 14.5 Å². The summed E-state index contributed by atoms with van der Waals surface area (Å²) in [5, 5.41) is 0. The van der Waals surface area contributed by atoms with Gasteiger partial charge in [0.25, 0.3) is 0 Å². The lowest BCUT2D eigenvalue weighted by Gasteiger charge is -2.26. The molecule has 0 saturated carbocycles. The van der Waals surface area contributed by atoms with Gasteiger partial charge in [0.15, 0.2) is 0 Å². The predicted molar refractivity (Wildman–Crippen MR) is 66.8 cm³/mol. The van der Waals surface area contributed by atoms with E-state index in [1.54, 1.807) is 28.3 Å². The van der Waals surface area contributed by atoms with E-state index in [-0.39, 0.29) is 5.97 Å². The summed E-state index contributed by atoms with van der Waals surface area (Å²) in [7, 11) is 2.57. The van der Waals surface area contributed by atoms with Gasteiger partial charge in [-0.2, -0.15) is 0 Å². The van der Waals surface area contributed by atoms with Gasteiger partial charge in [0, 0.05) is 26.9 Å². The Balaban J connectivity index is 3.98. The quantitative estimate of drug-likeness (QED) is 0.272. The molecule has 0 aromatic heterocycles. The van der Waals surface area contributed by atoms with Crippen LogP contribution in [-0.4, -0.2) is 48.7 Å². The number of hydrogen-bond acceptors (Lipinski definition) is 5. The van der Waals surface area contributed by atoms with Crippen LogP contribution in [-0.2, 0) is 23.1 Å². The predicted octanol–water partition coefficient (Wildman–Crippen LogP) is 1.42. The fraction of sp³-hybridized carbons (Fsp3) is 0.727. The van der Waals surface area contributed by atoms with Crippen LogP contribution >= 0.6 is 0 Å². The van der Waals surface area contributed by atoms with Gasteiger partial charge >= 0.3 is 14.5 Å². The van der Waals surface area contributed by atoms with Crippen molar-refractivity contribution in [2.45, 2.75) is 19.4 Å². The van der Waals surface area contributed by atoms with Crippen LogP contribution in [0.5, 0.6) is 0 Å². The highest BCUT2D eigenvalue weighted by molar-refractivity contribution is 6.67. The van der Waals surface area contributed by atoms with Crippen molar-refractivity contribution in [3.63, 3.8) is 0 Å². The smallest absolute Gasteiger partial charge is 0.364 e. The third-order valence-corrected chi connectivity index (χ3v) is 5.72. The third-order valence-electron chi connectivity index (χ3n) is 2.39. The zero-order chi connectivity index (χ0) is 13.3. The summed E-state index contributed by atoms with van der Waals surface area (Å²) < 4.78 is 20.9. The van der Waals surface area contributed by atoms with Gasteiger partial charge in [0.2, 0.25) is 0 Å². The van der Waals surface area contributed by atoms with Crippen molar-refractivity contribution in [3.8, 4) is 0 Å². The first kappa shape index (κ1) is 16.3. The number of ether oxygens (including phenoxy) is 2. The van der Waals surface area contributed by atoms with Gasteiger partial charge in [-0.25, -0.2) is 4.79 Å². The Morgan fingerprint density at radius 1 is 1.24 bits per heavy atom. The standard InChI is InChI=1S/C11H22O5Si/c1-10(2)11(12)16-7-6-8-17(14-4,15-5)9-13-3/h1,6-9H2,2-5H3. The van der Waals surface area contributed by atoms with Crippen molar-refractivity contribution in [3.05, 3.63) is 12.2 Å². The Morgan fingerprint density at radius 2 is 1.82 bits per heavy atom. The van der Waals surface area contributed by atoms with Crippen LogP contribution < -0.4 is 0 Å². The van der Waals surface area contributed by atoms with Crippen LogP contribution in [0.4, 0.5) is 0 Å². The van der Waals surface area contributed by atoms with E-state index >= 15 is 0 Å². The molecule has 0 aromatic carbocycles. The Bertz CT molecular complexity index is 250. The SMILES string of the molecule is C=C(C)C(=O)OCCC[Si](COC)(OC)OC. The molecule has 0 bridgehead atoms. The van der Waals surface area contributed by atoms with E-state index in [9.17, 15) is 4.79 Å². The van der Waals surface area contributed by atoms with Crippen molar-refractivity contribution in [2.24, 2.45) is 0 Å². The molecule has 0 aliphatic rings. The Labute approximate surface area is 104 Å². The van der Waals surface area contributed by atoms with Gasteiger partial charge in [-0.15, -0.1) is 0 Å². The molecule has 6 heteroatoms. The molecule has 0 rings (SSSR count). The molecule has 0 N–H and O–H groups in total. The zero-order valence-electron chi connectivity index (χ0n) is 11.1. The van der Waals surface area contributed by atoms with E-state index in [4.69, 9.17) is 18.3 Å². The normalized spacial score (nSPS) is 11.3. The van der Waals surface area contributed by atoms with Gasteiger partial charge < -0.3 is 18.3 Å². The van der Waals surface area contributed by atoms with Gasteiger partial charge in [-0.1, -0.05) is 6.58 Å². The van der Waals surface area contributed by atoms with E-state index in [1.807, 2.05) is 0 Å². The molecule has 0 aromatic rings. The lowest BCUT2D eigenvalue weighted by molar-refractivity contribution is -0.138. The maximum absolute atomic E-state index is 11.1. The Morgan fingerprint density at radius 3 is 2.24 bits per heavy atom. The molecule has 0 radical (unpaired) electrons. The van der Waals surface area contributed by atoms with Crippen molar-refractivity contribution in [1.29, 1.82) is 0 Å². The maximum Gasteiger partial charge on any atom is 0.364 e. The molecule has 17 heavy (non-hydrogen) atoms. The summed E-state index contributed by atoms with van der Waals surface area (Å²) in [6.07, 6.45) is 1.16. The molecule has 0 aliphatic carbocycles. The van der Waals surface area contributed by atoms with Crippen molar-refractivity contribution in [2.75, 3.05) is 34.2 Å². The first-order valence-corrected chi connectivity index (χ1v) is 7.66. The van der Waals surface area contributed by atoms with Crippen molar-refractivity contribution in [1.82, 2.24) is 0 Å². The minimum absolute atomic E-state index is 0.344. The van der Waals surface area contributed by atoms with Gasteiger partial charge in [-0.05, 0) is 19.4 Å². The summed E-state index contributed by atoms with van der Waals surface area (Å²) in [6.45, 7) is 5.47. The average molecular weight is 262 g/mol. The average Bonchev–Trinajstić information content (AvgIpc) is 2.32. The van der Waals surface area contributed by atoms with Crippen molar-refractivity contribution < 1.29 is 23.1 Å². The molecule has 0 saturated heterocycles. The van der Waals surface area contributed by atoms with Crippen LogP contribution in [0, 0.1) is 0 Å². The molecule has 0 unspecified atom stereocenters. The first-order chi connectivity index (χ1) is 8.01. The molecule has 0 amide bonds. The number of rotatable bonds is 9. The number of carbonyl (C=O) groups is 1. The second kappa shape index (κ2) is 8.41. The summed E-state index contributed by atoms with van der Waals surface area (Å²) in [4.78, 5) is 11.1. The van der Waals surface area contributed by atoms with Crippen LogP contribution in [0.25, 0.3) is 0 Å². The van der Waals surface area contributed by atoms with Crippen LogP contribution in [0.3, 0.4) is 0 Å². The molecule has 100 valence electrons. The second-order valence-corrected chi connectivity index (χ2v) is 7.20. The van der Waals surface area contributed by atoms with E-state index in [2.05, 4.69) is 6.58 Å². The van der Waals surface area contributed by atoms with Gasteiger partial charge in [0.05, 0.1) is 12.8 Å². The maximum atomic E-state index is 11.1. The van der Waals surface area contributed by atoms with E-state index in [1.165, 1.54) is 0 Å². The zero-order valence-corrected chi connectivity index (χ0v) is 12.1. The highest BCUT2D eigenvalue weighted by Gasteiger charge is 2.35. The summed E-state index contributed by atoms with van der Waals surface area (Å²) in [5.74, 6) is -0.362. The number of esters is 1. The fourth-order valence-electron chi connectivity index (χ4n) is 1.33. The van der Waals surface area contributed by atoms with Crippen LogP contribution in [0.15, 0.2) is 12.2 Å². The fourth-order valence-corrected chi connectivity index (χ4v) is 3.40. The van der Waals surface area contributed by atoms with Crippen LogP contribution in [0.2, 0.25) is 6.04 Å². The summed E-state index contributed by atoms with van der Waals surface area (Å²) >= 11 is 0. The van der Waals surface area contributed by atoms with Crippen LogP contribution in [0.1, 0.15) is 13.3 Å². The second-order valence-electron chi connectivity index (χ2n) is 3.77. The Kier molecular flexibility index (Phi) is 8.06. The van der Waals surface area contributed by atoms with E-state index < -0.39 is 8.56 Å². The number of hydrogen-bond donors (Lipinski definition) is 0.